The van der Waals surface area contributed by atoms with E-state index in [-0.39, 0.29) is 31.0 Å². The van der Waals surface area contributed by atoms with Gasteiger partial charge in [-0.05, 0) is 31.7 Å². The van der Waals surface area contributed by atoms with E-state index < -0.39 is 17.0 Å². The van der Waals surface area contributed by atoms with Crippen molar-refractivity contribution in [3.63, 3.8) is 0 Å². The minimum atomic E-state index is -0.641. The monoisotopic (exact) mass is 421 g/mol. The third-order valence-corrected chi connectivity index (χ3v) is 5.14. The number of ketones is 1. The second-order valence-electron chi connectivity index (χ2n) is 7.40. The molecule has 1 aromatic carbocycles. The molecule has 2 N–H and O–H groups in total. The topological polar surface area (TPSA) is 103 Å². The van der Waals surface area contributed by atoms with Crippen LogP contribution in [0.4, 0.5) is 5.82 Å². The summed E-state index contributed by atoms with van der Waals surface area (Å²) in [6.45, 7) is 2.64. The maximum Gasteiger partial charge on any atom is 0.332 e. The molecule has 0 unspecified atom stereocenters. The van der Waals surface area contributed by atoms with Crippen LogP contribution in [-0.4, -0.2) is 44.9 Å². The molecule has 0 bridgehead atoms. The van der Waals surface area contributed by atoms with E-state index in [2.05, 4.69) is 4.98 Å². The predicted octanol–water partition coefficient (Wildman–Crippen LogP) is 1.41. The van der Waals surface area contributed by atoms with Crippen molar-refractivity contribution in [1.82, 2.24) is 19.0 Å². The summed E-state index contributed by atoms with van der Waals surface area (Å²) in [6.07, 6.45) is 2.40. The molecule has 0 aliphatic heterocycles. The van der Waals surface area contributed by atoms with Gasteiger partial charge in [0.25, 0.3) is 5.56 Å². The zero-order valence-corrected chi connectivity index (χ0v) is 17.8. The quantitative estimate of drug-likeness (QED) is 0.524. The van der Waals surface area contributed by atoms with Gasteiger partial charge in [0, 0.05) is 31.4 Å². The number of anilines is 1. The molecule has 0 saturated heterocycles. The van der Waals surface area contributed by atoms with Gasteiger partial charge in [0.05, 0.1) is 13.1 Å². The van der Waals surface area contributed by atoms with Gasteiger partial charge in [0.15, 0.2) is 5.78 Å². The Bertz CT molecular complexity index is 1150. The molecule has 0 saturated carbocycles. The fourth-order valence-electron chi connectivity index (χ4n) is 3.43. The van der Waals surface area contributed by atoms with Crippen LogP contribution in [0.25, 0.3) is 0 Å². The number of carbonyl (C=O) groups excluding carboxylic acids is 1. The Hall–Kier alpha value is -3.52. The molecule has 0 fully saturated rings. The number of aromatic nitrogens is 3. The second kappa shape index (κ2) is 9.99. The van der Waals surface area contributed by atoms with Crippen LogP contribution < -0.4 is 17.0 Å². The van der Waals surface area contributed by atoms with Gasteiger partial charge in [0.2, 0.25) is 0 Å². The molecule has 0 amide bonds. The zero-order valence-electron chi connectivity index (χ0n) is 17.8. The summed E-state index contributed by atoms with van der Waals surface area (Å²) in [5.74, 6) is -0.498. The first-order valence-electron chi connectivity index (χ1n) is 10.2. The van der Waals surface area contributed by atoms with E-state index in [1.807, 2.05) is 53.4 Å². The van der Waals surface area contributed by atoms with E-state index in [0.29, 0.717) is 13.0 Å². The summed E-state index contributed by atoms with van der Waals surface area (Å²) in [7, 11) is 1.80. The number of nitrogens with two attached hydrogens (primary N) is 1. The number of nitrogen functional groups attached to an aromatic ring is 1. The summed E-state index contributed by atoms with van der Waals surface area (Å²) >= 11 is 0. The van der Waals surface area contributed by atoms with Gasteiger partial charge in [-0.15, -0.1) is 0 Å². The van der Waals surface area contributed by atoms with Crippen molar-refractivity contribution < 1.29 is 4.79 Å². The van der Waals surface area contributed by atoms with E-state index in [1.165, 1.54) is 4.57 Å². The highest BCUT2D eigenvalue weighted by molar-refractivity contribution is 6.01. The number of Topliss-reactive ketones (excluding diaryl/α,β-unsaturated/α-hetero) is 1. The number of benzene rings is 1. The largest absolute Gasteiger partial charge is 0.384 e. The molecule has 0 atom stereocenters. The average molecular weight is 422 g/mol. The smallest absolute Gasteiger partial charge is 0.332 e. The standard InChI is InChI=1S/C23H27N5O3/c1-3-27-22(30)20(19(29)16-26(2)14-12-18-11-7-8-13-25-18)21(24)28(23(27)31)15-17-9-5-4-6-10-17/h4-11,13H,3,12,14-16,24H2,1-2H3. The Kier molecular flexibility index (Phi) is 7.15. The van der Waals surface area contributed by atoms with Crippen LogP contribution >= 0.6 is 0 Å². The molecular weight excluding hydrogens is 394 g/mol. The normalized spacial score (nSPS) is 11.1. The van der Waals surface area contributed by atoms with Crippen LogP contribution in [0.2, 0.25) is 0 Å². The molecule has 2 heterocycles. The van der Waals surface area contributed by atoms with Crippen LogP contribution in [0.5, 0.6) is 0 Å². The van der Waals surface area contributed by atoms with Crippen molar-refractivity contribution in [2.45, 2.75) is 26.4 Å². The van der Waals surface area contributed by atoms with Crippen LogP contribution in [-0.2, 0) is 19.5 Å². The molecule has 8 heteroatoms. The van der Waals surface area contributed by atoms with Crippen LogP contribution in [0.15, 0.2) is 64.3 Å². The maximum absolute atomic E-state index is 13.0. The van der Waals surface area contributed by atoms with Gasteiger partial charge in [0.1, 0.15) is 11.4 Å². The molecule has 162 valence electrons. The van der Waals surface area contributed by atoms with Crippen molar-refractivity contribution in [1.29, 1.82) is 0 Å². The van der Waals surface area contributed by atoms with E-state index in [4.69, 9.17) is 5.73 Å². The van der Waals surface area contributed by atoms with Gasteiger partial charge >= 0.3 is 5.69 Å². The Labute approximate surface area is 180 Å². The number of hydrogen-bond donors (Lipinski definition) is 1. The van der Waals surface area contributed by atoms with Crippen molar-refractivity contribution in [3.8, 4) is 0 Å². The maximum atomic E-state index is 13.0. The lowest BCUT2D eigenvalue weighted by atomic mass is 10.1. The minimum absolute atomic E-state index is 0.0134. The lowest BCUT2D eigenvalue weighted by molar-refractivity contribution is 0.0944. The van der Waals surface area contributed by atoms with Crippen molar-refractivity contribution in [3.05, 3.63) is 92.4 Å². The molecule has 2 aromatic heterocycles. The number of carbonyl (C=O) groups is 1. The fraction of sp³-hybridized carbons (Fsp3) is 0.304. The van der Waals surface area contributed by atoms with E-state index >= 15 is 0 Å². The molecular formula is C23H27N5O3. The number of hydrogen-bond acceptors (Lipinski definition) is 6. The first-order valence-corrected chi connectivity index (χ1v) is 10.2. The zero-order chi connectivity index (χ0) is 22.4. The summed E-state index contributed by atoms with van der Waals surface area (Å²) in [6, 6.07) is 15.0. The highest BCUT2D eigenvalue weighted by atomic mass is 16.2. The Balaban J connectivity index is 1.86. The highest BCUT2D eigenvalue weighted by Crippen LogP contribution is 2.10. The van der Waals surface area contributed by atoms with Gasteiger partial charge in [-0.2, -0.15) is 0 Å². The second-order valence-corrected chi connectivity index (χ2v) is 7.40. The average Bonchev–Trinajstić information content (AvgIpc) is 2.77. The lowest BCUT2D eigenvalue weighted by Crippen LogP contribution is -2.45. The minimum Gasteiger partial charge on any atom is -0.384 e. The molecule has 8 nitrogen and oxygen atoms in total. The summed E-state index contributed by atoms with van der Waals surface area (Å²) in [5, 5.41) is 0. The van der Waals surface area contributed by atoms with Crippen molar-refractivity contribution in [2.24, 2.45) is 0 Å². The number of likely N-dealkylation sites (N-methyl/N-ethyl adjacent to an activating group) is 1. The van der Waals surface area contributed by atoms with Crippen LogP contribution in [0.1, 0.15) is 28.5 Å². The molecule has 3 aromatic rings. The first kappa shape index (κ1) is 22.2. The number of nitrogens with zero attached hydrogens (tertiary/aromatic N) is 4. The third kappa shape index (κ3) is 5.16. The number of pyridine rings is 1. The molecule has 0 aliphatic carbocycles. The van der Waals surface area contributed by atoms with Gasteiger partial charge in [-0.1, -0.05) is 36.4 Å². The SMILES string of the molecule is CCn1c(=O)c(C(=O)CN(C)CCc2ccccn2)c(N)n(Cc2ccccc2)c1=O. The Morgan fingerprint density at radius 1 is 1.06 bits per heavy atom. The van der Waals surface area contributed by atoms with Crippen LogP contribution in [0.3, 0.4) is 0 Å². The van der Waals surface area contributed by atoms with Crippen molar-refractivity contribution >= 4 is 11.6 Å². The fourth-order valence-corrected chi connectivity index (χ4v) is 3.43. The lowest BCUT2D eigenvalue weighted by Gasteiger charge is -2.18. The summed E-state index contributed by atoms with van der Waals surface area (Å²) < 4.78 is 2.35. The molecule has 0 aliphatic rings. The Morgan fingerprint density at radius 2 is 1.77 bits per heavy atom. The molecule has 0 radical (unpaired) electrons. The van der Waals surface area contributed by atoms with Crippen LogP contribution in [0, 0.1) is 0 Å². The predicted molar refractivity (Wildman–Crippen MR) is 120 cm³/mol. The molecule has 3 rings (SSSR count). The number of rotatable bonds is 9. The first-order chi connectivity index (χ1) is 14.9. The van der Waals surface area contributed by atoms with E-state index in [1.54, 1.807) is 20.2 Å². The van der Waals surface area contributed by atoms with Crippen molar-refractivity contribution in [2.75, 3.05) is 25.9 Å². The Morgan fingerprint density at radius 3 is 2.42 bits per heavy atom. The van der Waals surface area contributed by atoms with Gasteiger partial charge in [-0.25, -0.2) is 4.79 Å². The van der Waals surface area contributed by atoms with E-state index in [9.17, 15) is 14.4 Å². The summed E-state index contributed by atoms with van der Waals surface area (Å²) in [4.78, 5) is 44.8. The molecule has 0 spiro atoms. The summed E-state index contributed by atoms with van der Waals surface area (Å²) in [5.41, 5.74) is 6.67. The third-order valence-electron chi connectivity index (χ3n) is 5.14. The molecule has 31 heavy (non-hydrogen) atoms. The van der Waals surface area contributed by atoms with Gasteiger partial charge < -0.3 is 5.73 Å². The van der Waals surface area contributed by atoms with Gasteiger partial charge in [-0.3, -0.25) is 28.6 Å². The van der Waals surface area contributed by atoms with E-state index in [0.717, 1.165) is 15.8 Å². The highest BCUT2D eigenvalue weighted by Gasteiger charge is 2.23.